The van der Waals surface area contributed by atoms with Crippen molar-refractivity contribution in [1.82, 2.24) is 25.0 Å². The highest BCUT2D eigenvalue weighted by Crippen LogP contribution is 2.08. The van der Waals surface area contributed by atoms with Gasteiger partial charge in [0.2, 0.25) is 0 Å². The molecule has 7 heteroatoms. The number of hydrogen-bond acceptors (Lipinski definition) is 5. The van der Waals surface area contributed by atoms with Gasteiger partial charge in [0.05, 0.1) is 13.2 Å². The summed E-state index contributed by atoms with van der Waals surface area (Å²) in [5, 5.41) is 4.33. The van der Waals surface area contributed by atoms with Gasteiger partial charge in [0.15, 0.2) is 5.11 Å². The number of hydrogen-bond donors (Lipinski definition) is 1. The number of pyridine rings is 1. The molecule has 0 radical (unpaired) electrons. The van der Waals surface area contributed by atoms with Crippen molar-refractivity contribution in [3.05, 3.63) is 30.1 Å². The SMILES string of the molecule is S=C(NCCCN1CCOCC1)N1CCN(Cc2cccnc2)CC1. The molecule has 0 amide bonds. The molecule has 1 N–H and O–H groups in total. The van der Waals surface area contributed by atoms with E-state index >= 15 is 0 Å². The van der Waals surface area contributed by atoms with Crippen molar-refractivity contribution < 1.29 is 4.74 Å². The van der Waals surface area contributed by atoms with Gasteiger partial charge in [-0.25, -0.2) is 0 Å². The summed E-state index contributed by atoms with van der Waals surface area (Å²) in [6.45, 7) is 11.0. The van der Waals surface area contributed by atoms with Gasteiger partial charge in [-0.05, 0) is 36.8 Å². The molecular formula is C18H29N5OS. The lowest BCUT2D eigenvalue weighted by atomic mass is 10.2. The van der Waals surface area contributed by atoms with Crippen LogP contribution < -0.4 is 5.32 Å². The summed E-state index contributed by atoms with van der Waals surface area (Å²) >= 11 is 5.56. The Balaban J connectivity index is 1.29. The average Bonchev–Trinajstić information content (AvgIpc) is 2.67. The standard InChI is InChI=1S/C18H29N5OS/c25-18(20-5-2-6-21-11-13-24-14-12-21)23-9-7-22(8-10-23)16-17-3-1-4-19-15-17/h1,3-4,15H,2,5-14,16H2,(H,20,25). The van der Waals surface area contributed by atoms with Crippen molar-refractivity contribution in [1.29, 1.82) is 0 Å². The van der Waals surface area contributed by atoms with Gasteiger partial charge in [0.25, 0.3) is 0 Å². The molecule has 0 spiro atoms. The van der Waals surface area contributed by atoms with E-state index in [0.717, 1.165) is 83.6 Å². The van der Waals surface area contributed by atoms with Crippen LogP contribution in [-0.4, -0.2) is 90.4 Å². The van der Waals surface area contributed by atoms with Gasteiger partial charge in [-0.3, -0.25) is 14.8 Å². The molecule has 138 valence electrons. The molecule has 0 aromatic carbocycles. The van der Waals surface area contributed by atoms with Crippen LogP contribution >= 0.6 is 12.2 Å². The van der Waals surface area contributed by atoms with Gasteiger partial charge in [-0.1, -0.05) is 6.07 Å². The smallest absolute Gasteiger partial charge is 0.169 e. The van der Waals surface area contributed by atoms with E-state index in [4.69, 9.17) is 17.0 Å². The lowest BCUT2D eigenvalue weighted by Crippen LogP contribution is -2.51. The summed E-state index contributed by atoms with van der Waals surface area (Å²) in [4.78, 5) is 11.4. The minimum atomic E-state index is 0.870. The van der Waals surface area contributed by atoms with Crippen molar-refractivity contribution in [3.63, 3.8) is 0 Å². The van der Waals surface area contributed by atoms with Gasteiger partial charge in [0, 0.05) is 64.8 Å². The molecule has 2 fully saturated rings. The van der Waals surface area contributed by atoms with Crippen LogP contribution in [0.5, 0.6) is 0 Å². The highest BCUT2D eigenvalue weighted by molar-refractivity contribution is 7.80. The van der Waals surface area contributed by atoms with Crippen LogP contribution in [-0.2, 0) is 11.3 Å². The molecule has 0 unspecified atom stereocenters. The van der Waals surface area contributed by atoms with Crippen molar-refractivity contribution in [2.75, 3.05) is 65.6 Å². The van der Waals surface area contributed by atoms with Crippen LogP contribution in [0.1, 0.15) is 12.0 Å². The minimum absolute atomic E-state index is 0.870. The van der Waals surface area contributed by atoms with Crippen LogP contribution in [0.15, 0.2) is 24.5 Å². The topological polar surface area (TPSA) is 43.9 Å². The van der Waals surface area contributed by atoms with Gasteiger partial charge in [-0.2, -0.15) is 0 Å². The summed E-state index contributed by atoms with van der Waals surface area (Å²) in [6.07, 6.45) is 4.90. The summed E-state index contributed by atoms with van der Waals surface area (Å²) in [5.74, 6) is 0. The molecule has 25 heavy (non-hydrogen) atoms. The Hall–Kier alpha value is -1.28. The number of nitrogens with one attached hydrogen (secondary N) is 1. The molecule has 0 saturated carbocycles. The fraction of sp³-hybridized carbons (Fsp3) is 0.667. The second-order valence-corrected chi connectivity index (χ2v) is 7.05. The molecule has 0 bridgehead atoms. The Bertz CT molecular complexity index is 515. The monoisotopic (exact) mass is 363 g/mol. The fourth-order valence-electron chi connectivity index (χ4n) is 3.29. The van der Waals surface area contributed by atoms with E-state index in [9.17, 15) is 0 Å². The molecule has 2 saturated heterocycles. The predicted octanol–water partition coefficient (Wildman–Crippen LogP) is 0.796. The second kappa shape index (κ2) is 10.0. The number of aromatic nitrogens is 1. The molecule has 1 aromatic heterocycles. The van der Waals surface area contributed by atoms with Crippen molar-refractivity contribution in [3.8, 4) is 0 Å². The first-order valence-electron chi connectivity index (χ1n) is 9.25. The van der Waals surface area contributed by atoms with E-state index < -0.39 is 0 Å². The summed E-state index contributed by atoms with van der Waals surface area (Å²) in [5.41, 5.74) is 1.28. The van der Waals surface area contributed by atoms with E-state index in [0.29, 0.717) is 0 Å². The van der Waals surface area contributed by atoms with Crippen LogP contribution in [0.4, 0.5) is 0 Å². The van der Waals surface area contributed by atoms with Crippen LogP contribution in [0.25, 0.3) is 0 Å². The molecule has 3 heterocycles. The number of ether oxygens (including phenoxy) is 1. The Morgan fingerprint density at radius 3 is 2.64 bits per heavy atom. The Labute approximate surface area is 156 Å². The van der Waals surface area contributed by atoms with Gasteiger partial charge < -0.3 is 15.0 Å². The predicted molar refractivity (Wildman–Crippen MR) is 104 cm³/mol. The maximum absolute atomic E-state index is 5.56. The maximum atomic E-state index is 5.56. The summed E-state index contributed by atoms with van der Waals surface area (Å²) in [7, 11) is 0. The zero-order valence-electron chi connectivity index (χ0n) is 14.9. The lowest BCUT2D eigenvalue weighted by Gasteiger charge is -2.36. The molecule has 3 rings (SSSR count). The first-order valence-corrected chi connectivity index (χ1v) is 9.66. The van der Waals surface area contributed by atoms with E-state index in [-0.39, 0.29) is 0 Å². The quantitative estimate of drug-likeness (QED) is 0.592. The van der Waals surface area contributed by atoms with Crippen LogP contribution in [0, 0.1) is 0 Å². The Morgan fingerprint density at radius 2 is 1.92 bits per heavy atom. The first kappa shape index (κ1) is 18.5. The third kappa shape index (κ3) is 6.18. The molecule has 6 nitrogen and oxygen atoms in total. The normalized spacial score (nSPS) is 19.8. The average molecular weight is 364 g/mol. The van der Waals surface area contributed by atoms with Crippen molar-refractivity contribution >= 4 is 17.3 Å². The number of piperazine rings is 1. The summed E-state index contributed by atoms with van der Waals surface area (Å²) in [6, 6.07) is 4.14. The zero-order valence-corrected chi connectivity index (χ0v) is 15.7. The number of thiocarbonyl (C=S) groups is 1. The minimum Gasteiger partial charge on any atom is -0.379 e. The van der Waals surface area contributed by atoms with E-state index in [1.54, 1.807) is 0 Å². The number of nitrogens with zero attached hydrogens (tertiary/aromatic N) is 4. The van der Waals surface area contributed by atoms with Gasteiger partial charge in [-0.15, -0.1) is 0 Å². The highest BCUT2D eigenvalue weighted by Gasteiger charge is 2.19. The molecule has 1 aromatic rings. The largest absolute Gasteiger partial charge is 0.379 e. The first-order chi connectivity index (χ1) is 12.3. The van der Waals surface area contributed by atoms with E-state index in [1.165, 1.54) is 5.56 Å². The Kier molecular flexibility index (Phi) is 7.41. The number of morpholine rings is 1. The molecule has 2 aliphatic rings. The third-order valence-corrected chi connectivity index (χ3v) is 5.22. The van der Waals surface area contributed by atoms with E-state index in [2.05, 4.69) is 31.1 Å². The summed E-state index contributed by atoms with van der Waals surface area (Å²) < 4.78 is 5.38. The second-order valence-electron chi connectivity index (χ2n) is 6.66. The molecule has 0 atom stereocenters. The van der Waals surface area contributed by atoms with Crippen molar-refractivity contribution in [2.45, 2.75) is 13.0 Å². The van der Waals surface area contributed by atoms with Crippen LogP contribution in [0.2, 0.25) is 0 Å². The molecule has 2 aliphatic heterocycles. The maximum Gasteiger partial charge on any atom is 0.169 e. The Morgan fingerprint density at radius 1 is 1.12 bits per heavy atom. The van der Waals surface area contributed by atoms with Gasteiger partial charge >= 0.3 is 0 Å². The van der Waals surface area contributed by atoms with Crippen LogP contribution in [0.3, 0.4) is 0 Å². The number of rotatable bonds is 6. The van der Waals surface area contributed by atoms with Crippen molar-refractivity contribution in [2.24, 2.45) is 0 Å². The van der Waals surface area contributed by atoms with E-state index in [1.807, 2.05) is 18.5 Å². The van der Waals surface area contributed by atoms with Gasteiger partial charge in [0.1, 0.15) is 0 Å². The fourth-order valence-corrected chi connectivity index (χ4v) is 3.58. The zero-order chi connectivity index (χ0) is 17.3. The lowest BCUT2D eigenvalue weighted by molar-refractivity contribution is 0.0375. The molecular weight excluding hydrogens is 334 g/mol. The molecule has 0 aliphatic carbocycles. The third-order valence-electron chi connectivity index (χ3n) is 4.82. The highest BCUT2D eigenvalue weighted by atomic mass is 32.1.